The molecule has 0 aliphatic heterocycles. The van der Waals surface area contributed by atoms with Crippen LogP contribution < -0.4 is 5.32 Å². The van der Waals surface area contributed by atoms with Gasteiger partial charge in [0.25, 0.3) is 0 Å². The lowest BCUT2D eigenvalue weighted by molar-refractivity contribution is -0.114. The number of aromatic nitrogens is 3. The molecule has 5 nitrogen and oxygen atoms in total. The highest BCUT2D eigenvalue weighted by Gasteiger charge is 2.06. The Hall–Kier alpha value is -3.47. The molecule has 1 aromatic heterocycles. The molecule has 0 atom stereocenters. The standard InChI is InChI=1S/C21H18N4O/c1-14(26)22-19-5-3-4-17(12-19)15-6-8-16(9-7-15)18-10-11-21-20(13-18)23-24-25(21)2/h3-13H,1-2H3,(H,22,26). The molecule has 1 heterocycles. The van der Waals surface area contributed by atoms with Crippen molar-refractivity contribution in [2.24, 2.45) is 7.05 Å². The largest absolute Gasteiger partial charge is 0.326 e. The molecule has 0 saturated carbocycles. The van der Waals surface area contributed by atoms with Gasteiger partial charge in [0.1, 0.15) is 5.52 Å². The fraction of sp³-hybridized carbons (Fsp3) is 0.0952. The Labute approximate surface area is 151 Å². The fourth-order valence-electron chi connectivity index (χ4n) is 3.06. The van der Waals surface area contributed by atoms with Crippen molar-refractivity contribution >= 4 is 22.6 Å². The monoisotopic (exact) mass is 342 g/mol. The normalized spacial score (nSPS) is 10.8. The van der Waals surface area contributed by atoms with Crippen molar-refractivity contribution in [2.75, 3.05) is 5.32 Å². The van der Waals surface area contributed by atoms with E-state index < -0.39 is 0 Å². The first-order valence-corrected chi connectivity index (χ1v) is 8.38. The SMILES string of the molecule is CC(=O)Nc1cccc(-c2ccc(-c3ccc4c(c3)nnn4C)cc2)c1. The average molecular weight is 342 g/mol. The third kappa shape index (κ3) is 3.07. The van der Waals surface area contributed by atoms with Crippen LogP contribution in [0.15, 0.2) is 66.7 Å². The number of amides is 1. The summed E-state index contributed by atoms with van der Waals surface area (Å²) in [6.45, 7) is 1.51. The minimum absolute atomic E-state index is 0.0723. The molecular formula is C21H18N4O. The van der Waals surface area contributed by atoms with Crippen LogP contribution >= 0.6 is 0 Å². The summed E-state index contributed by atoms with van der Waals surface area (Å²) in [4.78, 5) is 11.2. The van der Waals surface area contributed by atoms with Gasteiger partial charge in [-0.1, -0.05) is 47.7 Å². The quantitative estimate of drug-likeness (QED) is 0.605. The van der Waals surface area contributed by atoms with Gasteiger partial charge in [-0.15, -0.1) is 5.10 Å². The number of hydrogen-bond donors (Lipinski definition) is 1. The molecule has 1 amide bonds. The minimum Gasteiger partial charge on any atom is -0.326 e. The lowest BCUT2D eigenvalue weighted by Gasteiger charge is -2.08. The molecular weight excluding hydrogens is 324 g/mol. The summed E-state index contributed by atoms with van der Waals surface area (Å²) >= 11 is 0. The Bertz CT molecular complexity index is 1100. The molecule has 3 aromatic carbocycles. The number of fused-ring (bicyclic) bond motifs is 1. The van der Waals surface area contributed by atoms with Crippen LogP contribution in [0.25, 0.3) is 33.3 Å². The van der Waals surface area contributed by atoms with Crippen LogP contribution in [0.5, 0.6) is 0 Å². The second kappa shape index (κ2) is 6.44. The van der Waals surface area contributed by atoms with E-state index in [2.05, 4.69) is 52.0 Å². The van der Waals surface area contributed by atoms with Crippen LogP contribution in [0.4, 0.5) is 5.69 Å². The van der Waals surface area contributed by atoms with Gasteiger partial charge in [-0.05, 0) is 46.5 Å². The first-order chi connectivity index (χ1) is 12.6. The summed E-state index contributed by atoms with van der Waals surface area (Å²) in [7, 11) is 1.89. The zero-order valence-electron chi connectivity index (χ0n) is 14.6. The van der Waals surface area contributed by atoms with Gasteiger partial charge in [-0.3, -0.25) is 4.79 Å². The van der Waals surface area contributed by atoms with E-state index >= 15 is 0 Å². The van der Waals surface area contributed by atoms with E-state index in [9.17, 15) is 4.79 Å². The molecule has 4 rings (SSSR count). The van der Waals surface area contributed by atoms with Crippen LogP contribution in [0, 0.1) is 0 Å². The van der Waals surface area contributed by atoms with Crippen molar-refractivity contribution in [3.8, 4) is 22.3 Å². The maximum absolute atomic E-state index is 11.2. The van der Waals surface area contributed by atoms with Crippen LogP contribution in [-0.2, 0) is 11.8 Å². The summed E-state index contributed by atoms with van der Waals surface area (Å²) in [5.41, 5.74) is 7.09. The third-order valence-corrected chi connectivity index (χ3v) is 4.35. The van der Waals surface area contributed by atoms with Gasteiger partial charge in [0, 0.05) is 19.7 Å². The van der Waals surface area contributed by atoms with Crippen molar-refractivity contribution < 1.29 is 4.79 Å². The molecule has 0 spiro atoms. The summed E-state index contributed by atoms with van der Waals surface area (Å²) in [6, 6.07) is 22.4. The molecule has 4 aromatic rings. The van der Waals surface area contributed by atoms with Crippen LogP contribution in [0.1, 0.15) is 6.92 Å². The maximum Gasteiger partial charge on any atom is 0.221 e. The Kier molecular flexibility index (Phi) is 3.97. The van der Waals surface area contributed by atoms with Crippen LogP contribution in [0.3, 0.4) is 0 Å². The van der Waals surface area contributed by atoms with Crippen LogP contribution in [0.2, 0.25) is 0 Å². The predicted octanol–water partition coefficient (Wildman–Crippen LogP) is 4.26. The second-order valence-electron chi connectivity index (χ2n) is 6.26. The number of aryl methyl sites for hydroxylation is 1. The van der Waals surface area contributed by atoms with E-state index in [4.69, 9.17) is 0 Å². The molecule has 0 unspecified atom stereocenters. The van der Waals surface area contributed by atoms with Gasteiger partial charge >= 0.3 is 0 Å². The molecule has 128 valence electrons. The van der Waals surface area contributed by atoms with Crippen LogP contribution in [-0.4, -0.2) is 20.9 Å². The smallest absolute Gasteiger partial charge is 0.221 e. The van der Waals surface area contributed by atoms with Crippen molar-refractivity contribution in [2.45, 2.75) is 6.92 Å². The predicted molar refractivity (Wildman–Crippen MR) is 104 cm³/mol. The Morgan fingerprint density at radius 3 is 2.23 bits per heavy atom. The van der Waals surface area contributed by atoms with Gasteiger partial charge in [-0.2, -0.15) is 0 Å². The van der Waals surface area contributed by atoms with Gasteiger partial charge in [0.15, 0.2) is 0 Å². The zero-order chi connectivity index (χ0) is 18.1. The number of hydrogen-bond acceptors (Lipinski definition) is 3. The Balaban J connectivity index is 1.64. The molecule has 5 heteroatoms. The van der Waals surface area contributed by atoms with Crippen molar-refractivity contribution in [3.05, 3.63) is 66.7 Å². The van der Waals surface area contributed by atoms with Gasteiger partial charge in [0.2, 0.25) is 5.91 Å². The molecule has 0 aliphatic rings. The first kappa shape index (κ1) is 16.0. The molecule has 0 radical (unpaired) electrons. The number of anilines is 1. The summed E-state index contributed by atoms with van der Waals surface area (Å²) in [6.07, 6.45) is 0. The highest BCUT2D eigenvalue weighted by atomic mass is 16.1. The van der Waals surface area contributed by atoms with Gasteiger partial charge in [0.05, 0.1) is 5.52 Å². The fourth-order valence-corrected chi connectivity index (χ4v) is 3.06. The summed E-state index contributed by atoms with van der Waals surface area (Å²) in [5.74, 6) is -0.0723. The lowest BCUT2D eigenvalue weighted by atomic mass is 10.00. The number of nitrogens with one attached hydrogen (secondary N) is 1. The van der Waals surface area contributed by atoms with E-state index in [1.54, 1.807) is 4.68 Å². The van der Waals surface area contributed by atoms with E-state index in [0.717, 1.165) is 39.0 Å². The highest BCUT2D eigenvalue weighted by Crippen LogP contribution is 2.28. The topological polar surface area (TPSA) is 59.8 Å². The highest BCUT2D eigenvalue weighted by molar-refractivity contribution is 5.89. The molecule has 0 saturated heterocycles. The molecule has 1 N–H and O–H groups in total. The first-order valence-electron chi connectivity index (χ1n) is 8.38. The summed E-state index contributed by atoms with van der Waals surface area (Å²) < 4.78 is 1.77. The number of carbonyl (C=O) groups is 1. The molecule has 0 bridgehead atoms. The number of rotatable bonds is 3. The second-order valence-corrected chi connectivity index (χ2v) is 6.26. The van der Waals surface area contributed by atoms with E-state index in [-0.39, 0.29) is 5.91 Å². The minimum atomic E-state index is -0.0723. The molecule has 0 fully saturated rings. The Morgan fingerprint density at radius 2 is 1.54 bits per heavy atom. The zero-order valence-corrected chi connectivity index (χ0v) is 14.6. The van der Waals surface area contributed by atoms with Crippen molar-refractivity contribution in [1.82, 2.24) is 15.0 Å². The van der Waals surface area contributed by atoms with E-state index in [0.29, 0.717) is 0 Å². The summed E-state index contributed by atoms with van der Waals surface area (Å²) in [5, 5.41) is 11.0. The number of carbonyl (C=O) groups excluding carboxylic acids is 1. The maximum atomic E-state index is 11.2. The molecule has 0 aliphatic carbocycles. The third-order valence-electron chi connectivity index (χ3n) is 4.35. The van der Waals surface area contributed by atoms with E-state index in [1.165, 1.54) is 6.92 Å². The molecule has 26 heavy (non-hydrogen) atoms. The number of benzene rings is 3. The van der Waals surface area contributed by atoms with Crippen molar-refractivity contribution in [1.29, 1.82) is 0 Å². The van der Waals surface area contributed by atoms with Gasteiger partial charge < -0.3 is 5.32 Å². The van der Waals surface area contributed by atoms with Crippen molar-refractivity contribution in [3.63, 3.8) is 0 Å². The van der Waals surface area contributed by atoms with Gasteiger partial charge in [-0.25, -0.2) is 4.68 Å². The Morgan fingerprint density at radius 1 is 0.885 bits per heavy atom. The average Bonchev–Trinajstić information content (AvgIpc) is 3.02. The van der Waals surface area contributed by atoms with E-state index in [1.807, 2.05) is 37.4 Å². The lowest BCUT2D eigenvalue weighted by Crippen LogP contribution is -2.05. The number of nitrogens with zero attached hydrogens (tertiary/aromatic N) is 3.